The van der Waals surface area contributed by atoms with E-state index in [1.807, 2.05) is 6.07 Å². The molecule has 1 amide bonds. The van der Waals surface area contributed by atoms with Crippen LogP contribution in [-0.2, 0) is 30.0 Å². The topological polar surface area (TPSA) is 217 Å². The van der Waals surface area contributed by atoms with Gasteiger partial charge in [0.25, 0.3) is 5.91 Å². The Hall–Kier alpha value is -4.98. The number of phenolic OH excluding ortho intramolecular Hbond substituents is 1. The Labute approximate surface area is 313 Å². The van der Waals surface area contributed by atoms with Crippen LogP contribution in [-0.4, -0.2) is 80.3 Å². The SMILES string of the molecule is CCC(C)(C)c1ccc(OCCCNC(=O)c2cc(OCC(C(C(=O)O)C(=O)O)C(S)C(C(=O)O)C(=O)O)c3ccccc3c2O)c(C(C)(C)CC)c1. The first-order valence-corrected chi connectivity index (χ1v) is 17.8. The summed E-state index contributed by atoms with van der Waals surface area (Å²) in [5.74, 6) is -14.1. The minimum Gasteiger partial charge on any atom is -0.506 e. The molecule has 2 unspecified atom stereocenters. The lowest BCUT2D eigenvalue weighted by atomic mass is 9.76. The fraction of sp³-hybridized carbons (Fsp3) is 0.462. The Kier molecular flexibility index (Phi) is 14.2. The number of phenols is 1. The van der Waals surface area contributed by atoms with Crippen molar-refractivity contribution in [1.29, 1.82) is 0 Å². The molecule has 3 aromatic rings. The number of ether oxygens (including phenoxy) is 2. The highest BCUT2D eigenvalue weighted by Gasteiger charge is 2.46. The first-order valence-electron chi connectivity index (χ1n) is 17.3. The number of aliphatic carboxylic acids is 4. The van der Waals surface area contributed by atoms with Gasteiger partial charge in [-0.15, -0.1) is 0 Å². The van der Waals surface area contributed by atoms with Gasteiger partial charge in [-0.25, -0.2) is 0 Å². The van der Waals surface area contributed by atoms with Crippen molar-refractivity contribution in [3.05, 3.63) is 65.2 Å². The first kappa shape index (κ1) is 42.4. The number of benzene rings is 3. The van der Waals surface area contributed by atoms with E-state index >= 15 is 0 Å². The van der Waals surface area contributed by atoms with E-state index in [0.29, 0.717) is 6.42 Å². The molecule has 0 radical (unpaired) electrons. The molecule has 0 aliphatic carbocycles. The fourth-order valence-electron chi connectivity index (χ4n) is 5.87. The summed E-state index contributed by atoms with van der Waals surface area (Å²) in [6.07, 6.45) is 2.30. The quantitative estimate of drug-likeness (QED) is 0.0403. The second-order valence-electron chi connectivity index (χ2n) is 14.2. The lowest BCUT2D eigenvalue weighted by Crippen LogP contribution is -2.46. The molecular weight excluding hydrogens is 706 g/mol. The zero-order valence-electron chi connectivity index (χ0n) is 30.7. The van der Waals surface area contributed by atoms with Crippen LogP contribution in [0.1, 0.15) is 82.3 Å². The van der Waals surface area contributed by atoms with Gasteiger partial charge in [-0.05, 0) is 47.8 Å². The second kappa shape index (κ2) is 17.7. The predicted molar refractivity (Wildman–Crippen MR) is 200 cm³/mol. The smallest absolute Gasteiger partial charge is 0.319 e. The standard InChI is InChI=1S/C39H49NO12S/c1-7-38(3,4)21-14-15-27(26(18-21)39(5,6)8-2)51-17-11-16-40-33(42)24-19-28(22-12-9-10-13-23(22)31(24)41)52-20-25(29(34(43)44)35(45)46)32(53)30(36(47)48)37(49)50/h9-10,12-15,18-19,25,29-30,32,41,53H,7-8,11,16-17,20H2,1-6H3,(H,40,42)(H,43,44)(H,45,46)(H,47,48)(H,49,50). The van der Waals surface area contributed by atoms with Crippen molar-refractivity contribution in [2.45, 2.75) is 76.9 Å². The van der Waals surface area contributed by atoms with Gasteiger partial charge >= 0.3 is 23.9 Å². The lowest BCUT2D eigenvalue weighted by Gasteiger charge is -2.30. The molecule has 0 spiro atoms. The molecule has 2 atom stereocenters. The third-order valence-corrected chi connectivity index (χ3v) is 10.7. The monoisotopic (exact) mass is 755 g/mol. The minimum atomic E-state index is -2.29. The van der Waals surface area contributed by atoms with E-state index in [-0.39, 0.29) is 51.8 Å². The van der Waals surface area contributed by atoms with Gasteiger partial charge in [0, 0.05) is 34.0 Å². The highest BCUT2D eigenvalue weighted by Crippen LogP contribution is 2.39. The number of nitrogens with one attached hydrogen (secondary N) is 1. The number of carbonyl (C=O) groups excluding carboxylic acids is 1. The largest absolute Gasteiger partial charge is 0.506 e. The molecular formula is C39H49NO12S. The van der Waals surface area contributed by atoms with Gasteiger partial charge in [0.2, 0.25) is 0 Å². The van der Waals surface area contributed by atoms with Crippen molar-refractivity contribution in [3.8, 4) is 17.2 Å². The molecule has 53 heavy (non-hydrogen) atoms. The Bertz CT molecular complexity index is 1810. The molecule has 288 valence electrons. The summed E-state index contributed by atoms with van der Waals surface area (Å²) in [5, 5.41) is 50.8. The van der Waals surface area contributed by atoms with Gasteiger partial charge in [0.15, 0.2) is 11.8 Å². The maximum absolute atomic E-state index is 13.4. The Morgan fingerprint density at radius 3 is 1.87 bits per heavy atom. The number of carbonyl (C=O) groups is 5. The van der Waals surface area contributed by atoms with E-state index in [0.717, 1.165) is 24.2 Å². The van der Waals surface area contributed by atoms with Crippen LogP contribution >= 0.6 is 12.6 Å². The summed E-state index contributed by atoms with van der Waals surface area (Å²) in [7, 11) is 0. The van der Waals surface area contributed by atoms with Crippen LogP contribution in [0, 0.1) is 17.8 Å². The predicted octanol–water partition coefficient (Wildman–Crippen LogP) is 5.98. The highest BCUT2D eigenvalue weighted by atomic mass is 32.1. The molecule has 0 saturated carbocycles. The maximum Gasteiger partial charge on any atom is 0.319 e. The number of carboxylic acids is 4. The lowest BCUT2D eigenvalue weighted by molar-refractivity contribution is -0.162. The molecule has 6 N–H and O–H groups in total. The average Bonchev–Trinajstić information content (AvgIpc) is 3.09. The van der Waals surface area contributed by atoms with Crippen molar-refractivity contribution in [3.63, 3.8) is 0 Å². The normalized spacial score (nSPS) is 13.1. The second-order valence-corrected chi connectivity index (χ2v) is 14.8. The summed E-state index contributed by atoms with van der Waals surface area (Å²) in [5.41, 5.74) is 1.98. The van der Waals surface area contributed by atoms with Crippen molar-refractivity contribution in [2.24, 2.45) is 17.8 Å². The summed E-state index contributed by atoms with van der Waals surface area (Å²) in [4.78, 5) is 60.8. The summed E-state index contributed by atoms with van der Waals surface area (Å²) in [6.45, 7) is 12.7. The van der Waals surface area contributed by atoms with Gasteiger partial charge in [0.1, 0.15) is 17.2 Å². The first-order chi connectivity index (χ1) is 24.8. The highest BCUT2D eigenvalue weighted by molar-refractivity contribution is 7.81. The summed E-state index contributed by atoms with van der Waals surface area (Å²) < 4.78 is 12.0. The van der Waals surface area contributed by atoms with Crippen LogP contribution in [0.2, 0.25) is 0 Å². The Balaban J connectivity index is 1.84. The zero-order valence-corrected chi connectivity index (χ0v) is 31.6. The van der Waals surface area contributed by atoms with E-state index in [2.05, 4.69) is 71.6 Å². The number of thiol groups is 1. The molecule has 0 aliphatic rings. The summed E-state index contributed by atoms with van der Waals surface area (Å²) >= 11 is 4.06. The molecule has 0 aliphatic heterocycles. The number of hydrogen-bond donors (Lipinski definition) is 7. The van der Waals surface area contributed by atoms with Crippen LogP contribution in [0.5, 0.6) is 17.2 Å². The fourth-order valence-corrected chi connectivity index (χ4v) is 6.38. The van der Waals surface area contributed by atoms with Crippen LogP contribution < -0.4 is 14.8 Å². The van der Waals surface area contributed by atoms with Crippen LogP contribution in [0.15, 0.2) is 48.5 Å². The maximum atomic E-state index is 13.4. The van der Waals surface area contributed by atoms with Gasteiger partial charge in [-0.1, -0.05) is 77.9 Å². The molecule has 0 heterocycles. The summed E-state index contributed by atoms with van der Waals surface area (Å²) in [6, 6.07) is 13.7. The van der Waals surface area contributed by atoms with E-state index in [9.17, 15) is 49.5 Å². The number of hydrogen-bond acceptors (Lipinski definition) is 9. The molecule has 3 aromatic carbocycles. The van der Waals surface area contributed by atoms with Crippen molar-refractivity contribution in [1.82, 2.24) is 5.32 Å². The Morgan fingerprint density at radius 2 is 1.32 bits per heavy atom. The number of amides is 1. The van der Waals surface area contributed by atoms with E-state index in [1.165, 1.54) is 23.8 Å². The van der Waals surface area contributed by atoms with Gasteiger partial charge in [0.05, 0.1) is 18.8 Å². The van der Waals surface area contributed by atoms with E-state index in [1.54, 1.807) is 12.1 Å². The van der Waals surface area contributed by atoms with Crippen molar-refractivity contribution < 1.29 is 59.0 Å². The Morgan fingerprint density at radius 1 is 0.755 bits per heavy atom. The third kappa shape index (κ3) is 9.92. The average molecular weight is 756 g/mol. The van der Waals surface area contributed by atoms with Gasteiger partial charge in [-0.2, -0.15) is 12.6 Å². The molecule has 0 aromatic heterocycles. The van der Waals surface area contributed by atoms with Crippen LogP contribution in [0.4, 0.5) is 0 Å². The molecule has 14 heteroatoms. The zero-order chi connectivity index (χ0) is 39.8. The molecule has 0 fully saturated rings. The van der Waals surface area contributed by atoms with Gasteiger partial charge in [-0.3, -0.25) is 24.0 Å². The molecule has 0 saturated heterocycles. The molecule has 0 bridgehead atoms. The van der Waals surface area contributed by atoms with Crippen molar-refractivity contribution >= 4 is 53.2 Å². The number of fused-ring (bicyclic) bond motifs is 1. The third-order valence-electron chi connectivity index (χ3n) is 10.0. The van der Waals surface area contributed by atoms with E-state index in [4.69, 9.17) is 9.47 Å². The minimum absolute atomic E-state index is 0.000457. The van der Waals surface area contributed by atoms with Crippen LogP contribution in [0.25, 0.3) is 10.8 Å². The number of rotatable bonds is 20. The molecule has 3 rings (SSSR count). The van der Waals surface area contributed by atoms with Gasteiger partial charge < -0.3 is 40.3 Å². The number of aromatic hydroxyl groups is 1. The molecule has 13 nitrogen and oxygen atoms in total. The van der Waals surface area contributed by atoms with Crippen molar-refractivity contribution in [2.75, 3.05) is 19.8 Å². The van der Waals surface area contributed by atoms with Crippen LogP contribution in [0.3, 0.4) is 0 Å². The van der Waals surface area contributed by atoms with E-state index < -0.39 is 59.4 Å². The number of carboxylic acid groups (broad SMARTS) is 4.